The molecule has 1 atom stereocenters. The SMILES string of the molecule is CCCNC(CCCC(C)C)CN(C)C. The molecule has 0 spiro atoms. The smallest absolute Gasteiger partial charge is 0.0194 e. The Morgan fingerprint density at radius 1 is 1.13 bits per heavy atom. The van der Waals surface area contributed by atoms with Gasteiger partial charge in [-0.05, 0) is 39.4 Å². The van der Waals surface area contributed by atoms with Crippen LogP contribution in [0.4, 0.5) is 0 Å². The molecular weight excluding hydrogens is 184 g/mol. The maximum absolute atomic E-state index is 3.63. The van der Waals surface area contributed by atoms with Gasteiger partial charge in [-0.1, -0.05) is 33.6 Å². The first-order valence-electron chi connectivity index (χ1n) is 6.44. The summed E-state index contributed by atoms with van der Waals surface area (Å²) < 4.78 is 0. The van der Waals surface area contributed by atoms with E-state index in [4.69, 9.17) is 0 Å². The van der Waals surface area contributed by atoms with Gasteiger partial charge in [0, 0.05) is 12.6 Å². The van der Waals surface area contributed by atoms with Crippen LogP contribution in [0, 0.1) is 5.92 Å². The van der Waals surface area contributed by atoms with E-state index in [0.717, 1.165) is 19.0 Å². The zero-order valence-corrected chi connectivity index (χ0v) is 11.3. The largest absolute Gasteiger partial charge is 0.313 e. The first-order valence-corrected chi connectivity index (χ1v) is 6.44. The topological polar surface area (TPSA) is 15.3 Å². The highest BCUT2D eigenvalue weighted by molar-refractivity contribution is 4.69. The van der Waals surface area contributed by atoms with Crippen molar-refractivity contribution in [3.8, 4) is 0 Å². The zero-order chi connectivity index (χ0) is 11.7. The van der Waals surface area contributed by atoms with Gasteiger partial charge < -0.3 is 10.2 Å². The van der Waals surface area contributed by atoms with Gasteiger partial charge in [-0.3, -0.25) is 0 Å². The fraction of sp³-hybridized carbons (Fsp3) is 1.00. The molecule has 0 radical (unpaired) electrons. The Morgan fingerprint density at radius 3 is 2.27 bits per heavy atom. The van der Waals surface area contributed by atoms with E-state index < -0.39 is 0 Å². The summed E-state index contributed by atoms with van der Waals surface area (Å²) >= 11 is 0. The highest BCUT2D eigenvalue weighted by Crippen LogP contribution is 2.09. The van der Waals surface area contributed by atoms with Crippen molar-refractivity contribution in [2.45, 2.75) is 52.5 Å². The highest BCUT2D eigenvalue weighted by atomic mass is 15.1. The van der Waals surface area contributed by atoms with Gasteiger partial charge in [0.2, 0.25) is 0 Å². The van der Waals surface area contributed by atoms with Crippen molar-refractivity contribution in [3.05, 3.63) is 0 Å². The fourth-order valence-corrected chi connectivity index (χ4v) is 1.82. The molecule has 15 heavy (non-hydrogen) atoms. The second kappa shape index (κ2) is 9.17. The van der Waals surface area contributed by atoms with Crippen LogP contribution in [0.1, 0.15) is 46.5 Å². The minimum Gasteiger partial charge on any atom is -0.313 e. The van der Waals surface area contributed by atoms with E-state index in [1.165, 1.54) is 25.7 Å². The quantitative estimate of drug-likeness (QED) is 0.635. The molecule has 0 rings (SSSR count). The summed E-state index contributed by atoms with van der Waals surface area (Å²) in [6, 6.07) is 0.679. The molecule has 1 unspecified atom stereocenters. The first kappa shape index (κ1) is 14.9. The van der Waals surface area contributed by atoms with Crippen LogP contribution in [0.3, 0.4) is 0 Å². The molecule has 2 heteroatoms. The molecule has 0 saturated carbocycles. The molecule has 0 aromatic rings. The molecule has 0 aromatic carbocycles. The third-order valence-corrected chi connectivity index (χ3v) is 2.60. The summed E-state index contributed by atoms with van der Waals surface area (Å²) in [5.41, 5.74) is 0. The van der Waals surface area contributed by atoms with Crippen molar-refractivity contribution >= 4 is 0 Å². The van der Waals surface area contributed by atoms with Crippen molar-refractivity contribution < 1.29 is 0 Å². The molecule has 92 valence electrons. The van der Waals surface area contributed by atoms with Gasteiger partial charge in [0.1, 0.15) is 0 Å². The van der Waals surface area contributed by atoms with Gasteiger partial charge in [0.05, 0.1) is 0 Å². The number of hydrogen-bond acceptors (Lipinski definition) is 2. The standard InChI is InChI=1S/C13H30N2/c1-6-10-14-13(11-15(4)5)9-7-8-12(2)3/h12-14H,6-11H2,1-5H3. The Labute approximate surface area is 96.4 Å². The number of likely N-dealkylation sites (N-methyl/N-ethyl adjacent to an activating group) is 1. The average Bonchev–Trinajstić information content (AvgIpc) is 2.12. The van der Waals surface area contributed by atoms with E-state index in [1.54, 1.807) is 0 Å². The predicted octanol–water partition coefficient (Wildman–Crippen LogP) is 2.74. The fourth-order valence-electron chi connectivity index (χ4n) is 1.82. The van der Waals surface area contributed by atoms with Crippen LogP contribution in [0.15, 0.2) is 0 Å². The molecule has 0 aliphatic heterocycles. The van der Waals surface area contributed by atoms with Gasteiger partial charge in [-0.15, -0.1) is 0 Å². The van der Waals surface area contributed by atoms with Gasteiger partial charge in [0.25, 0.3) is 0 Å². The summed E-state index contributed by atoms with van der Waals surface area (Å²) in [6.07, 6.45) is 5.26. The molecule has 0 aliphatic carbocycles. The second-order valence-electron chi connectivity index (χ2n) is 5.24. The number of rotatable bonds is 9. The van der Waals surface area contributed by atoms with Crippen molar-refractivity contribution in [2.75, 3.05) is 27.2 Å². The monoisotopic (exact) mass is 214 g/mol. The van der Waals surface area contributed by atoms with Crippen molar-refractivity contribution in [1.82, 2.24) is 10.2 Å². The average molecular weight is 214 g/mol. The molecule has 1 N–H and O–H groups in total. The summed E-state index contributed by atoms with van der Waals surface area (Å²) in [6.45, 7) is 9.16. The van der Waals surface area contributed by atoms with Crippen molar-refractivity contribution in [3.63, 3.8) is 0 Å². The van der Waals surface area contributed by atoms with Gasteiger partial charge in [0.15, 0.2) is 0 Å². The molecular formula is C13H30N2. The Bertz CT molecular complexity index is 132. The Morgan fingerprint density at radius 2 is 1.80 bits per heavy atom. The molecule has 0 bridgehead atoms. The van der Waals surface area contributed by atoms with Crippen molar-refractivity contribution in [2.24, 2.45) is 5.92 Å². The van der Waals surface area contributed by atoms with Crippen LogP contribution in [-0.4, -0.2) is 38.1 Å². The van der Waals surface area contributed by atoms with Gasteiger partial charge in [-0.2, -0.15) is 0 Å². The highest BCUT2D eigenvalue weighted by Gasteiger charge is 2.08. The maximum atomic E-state index is 3.63. The van der Waals surface area contributed by atoms with E-state index in [9.17, 15) is 0 Å². The van der Waals surface area contributed by atoms with Crippen LogP contribution in [0.2, 0.25) is 0 Å². The van der Waals surface area contributed by atoms with Crippen LogP contribution in [0.5, 0.6) is 0 Å². The lowest BCUT2D eigenvalue weighted by atomic mass is 10.0. The van der Waals surface area contributed by atoms with E-state index in [2.05, 4.69) is 45.1 Å². The van der Waals surface area contributed by atoms with Crippen LogP contribution >= 0.6 is 0 Å². The van der Waals surface area contributed by atoms with Crippen LogP contribution in [-0.2, 0) is 0 Å². The summed E-state index contributed by atoms with van der Waals surface area (Å²) in [5.74, 6) is 0.844. The molecule has 0 amide bonds. The molecule has 0 heterocycles. The van der Waals surface area contributed by atoms with Gasteiger partial charge in [-0.25, -0.2) is 0 Å². The van der Waals surface area contributed by atoms with Crippen molar-refractivity contribution in [1.29, 1.82) is 0 Å². The predicted molar refractivity (Wildman–Crippen MR) is 69.3 cm³/mol. The molecule has 0 fully saturated rings. The summed E-state index contributed by atoms with van der Waals surface area (Å²) in [7, 11) is 4.31. The first-order chi connectivity index (χ1) is 7.06. The second-order valence-corrected chi connectivity index (χ2v) is 5.24. The Kier molecular flexibility index (Phi) is 9.12. The number of hydrogen-bond donors (Lipinski definition) is 1. The van der Waals surface area contributed by atoms with Gasteiger partial charge >= 0.3 is 0 Å². The number of nitrogens with zero attached hydrogens (tertiary/aromatic N) is 1. The molecule has 0 saturated heterocycles. The third kappa shape index (κ3) is 10.2. The van der Waals surface area contributed by atoms with Crippen LogP contribution < -0.4 is 5.32 Å². The zero-order valence-electron chi connectivity index (χ0n) is 11.3. The summed E-state index contributed by atoms with van der Waals surface area (Å²) in [5, 5.41) is 3.63. The lowest BCUT2D eigenvalue weighted by molar-refractivity contribution is 0.317. The third-order valence-electron chi connectivity index (χ3n) is 2.60. The Balaban J connectivity index is 3.69. The Hall–Kier alpha value is -0.0800. The van der Waals surface area contributed by atoms with E-state index in [-0.39, 0.29) is 0 Å². The van der Waals surface area contributed by atoms with Crippen LogP contribution in [0.25, 0.3) is 0 Å². The lowest BCUT2D eigenvalue weighted by Gasteiger charge is -2.22. The van der Waals surface area contributed by atoms with E-state index in [1.807, 2.05) is 0 Å². The molecule has 0 aliphatic rings. The maximum Gasteiger partial charge on any atom is 0.0194 e. The lowest BCUT2D eigenvalue weighted by Crippen LogP contribution is -2.38. The van der Waals surface area contributed by atoms with E-state index in [0.29, 0.717) is 6.04 Å². The molecule has 2 nitrogen and oxygen atoms in total. The minimum absolute atomic E-state index is 0.679. The number of nitrogens with one attached hydrogen (secondary N) is 1. The normalized spacial score (nSPS) is 13.8. The minimum atomic E-state index is 0.679. The van der Waals surface area contributed by atoms with E-state index >= 15 is 0 Å². The summed E-state index contributed by atoms with van der Waals surface area (Å²) in [4.78, 5) is 2.28. The molecule has 0 aromatic heterocycles.